The molecule has 0 unspecified atom stereocenters. The molecule has 0 bridgehead atoms. The smallest absolute Gasteiger partial charge is 0.271 e. The van der Waals surface area contributed by atoms with Crippen LogP contribution in [-0.4, -0.2) is 4.92 Å². The molecule has 2 aromatic rings. The second kappa shape index (κ2) is 7.55. The molecular weight excluding hydrogens is 314 g/mol. The average Bonchev–Trinajstić information content (AvgIpc) is 2.45. The second-order valence-electron chi connectivity index (χ2n) is 8.12. The van der Waals surface area contributed by atoms with Crippen molar-refractivity contribution >= 4 is 17.1 Å². The van der Waals surface area contributed by atoms with E-state index in [4.69, 9.17) is 11.5 Å². The molecule has 2 aromatic carbocycles. The molecular formula is C20H29N3O2. The third-order valence-electron chi connectivity index (χ3n) is 3.82. The van der Waals surface area contributed by atoms with E-state index in [1.807, 2.05) is 39.0 Å². The summed E-state index contributed by atoms with van der Waals surface area (Å²) in [6.45, 7) is 12.6. The molecule has 0 saturated carbocycles. The molecule has 0 spiro atoms. The van der Waals surface area contributed by atoms with Crippen molar-refractivity contribution in [1.29, 1.82) is 0 Å². The Morgan fingerprint density at radius 1 is 0.800 bits per heavy atom. The summed E-state index contributed by atoms with van der Waals surface area (Å²) in [5, 5.41) is 10.5. The second-order valence-corrected chi connectivity index (χ2v) is 8.12. The van der Waals surface area contributed by atoms with Crippen molar-refractivity contribution in [1.82, 2.24) is 0 Å². The summed E-state index contributed by atoms with van der Waals surface area (Å²) >= 11 is 0. The zero-order chi connectivity index (χ0) is 19.4. The van der Waals surface area contributed by atoms with Gasteiger partial charge < -0.3 is 11.5 Å². The van der Waals surface area contributed by atoms with Crippen LogP contribution in [0.3, 0.4) is 0 Å². The lowest BCUT2D eigenvalue weighted by molar-refractivity contribution is -0.384. The molecule has 0 fully saturated rings. The lowest BCUT2D eigenvalue weighted by Crippen LogP contribution is -2.13. The van der Waals surface area contributed by atoms with Crippen LogP contribution in [0, 0.1) is 10.1 Å². The molecule has 4 N–H and O–H groups in total. The zero-order valence-electron chi connectivity index (χ0n) is 16.0. The number of non-ortho nitro benzene ring substituents is 1. The van der Waals surface area contributed by atoms with E-state index in [0.717, 1.165) is 11.3 Å². The van der Waals surface area contributed by atoms with E-state index in [2.05, 4.69) is 26.8 Å². The van der Waals surface area contributed by atoms with E-state index in [0.29, 0.717) is 5.69 Å². The highest BCUT2D eigenvalue weighted by Crippen LogP contribution is 2.30. The van der Waals surface area contributed by atoms with E-state index >= 15 is 0 Å². The van der Waals surface area contributed by atoms with Crippen LogP contribution in [0.4, 0.5) is 17.1 Å². The normalized spacial score (nSPS) is 11.4. The monoisotopic (exact) mass is 343 g/mol. The number of para-hydroxylation sites is 1. The summed E-state index contributed by atoms with van der Waals surface area (Å²) < 4.78 is 0. The number of nitro benzene ring substituents is 1. The molecule has 5 heteroatoms. The van der Waals surface area contributed by atoms with Gasteiger partial charge in [-0.15, -0.1) is 0 Å². The van der Waals surface area contributed by atoms with Gasteiger partial charge in [0.2, 0.25) is 0 Å². The number of nitrogens with zero attached hydrogens (tertiary/aromatic N) is 1. The number of hydrogen-bond acceptors (Lipinski definition) is 4. The first kappa shape index (κ1) is 20.5. The van der Waals surface area contributed by atoms with E-state index in [9.17, 15) is 10.1 Å². The maximum absolute atomic E-state index is 10.5. The minimum Gasteiger partial charge on any atom is -0.398 e. The number of rotatable bonds is 1. The van der Waals surface area contributed by atoms with Crippen LogP contribution in [0.15, 0.2) is 42.5 Å². The number of anilines is 2. The molecule has 0 saturated heterocycles. The molecule has 0 radical (unpaired) electrons. The molecule has 25 heavy (non-hydrogen) atoms. The van der Waals surface area contributed by atoms with Crippen molar-refractivity contribution in [2.24, 2.45) is 0 Å². The maximum Gasteiger partial charge on any atom is 0.271 e. The van der Waals surface area contributed by atoms with Crippen LogP contribution in [0.1, 0.15) is 52.7 Å². The minimum absolute atomic E-state index is 0.0375. The van der Waals surface area contributed by atoms with Gasteiger partial charge in [-0.25, -0.2) is 0 Å². The van der Waals surface area contributed by atoms with Crippen molar-refractivity contribution in [3.05, 3.63) is 63.7 Å². The Morgan fingerprint density at radius 3 is 1.64 bits per heavy atom. The Bertz CT molecular complexity index is 741. The fourth-order valence-corrected chi connectivity index (χ4v) is 2.53. The Morgan fingerprint density at radius 2 is 1.28 bits per heavy atom. The van der Waals surface area contributed by atoms with Gasteiger partial charge in [0, 0.05) is 23.5 Å². The van der Waals surface area contributed by atoms with Gasteiger partial charge in [-0.05, 0) is 34.1 Å². The Labute approximate surface area is 150 Å². The first-order chi connectivity index (χ1) is 11.3. The summed E-state index contributed by atoms with van der Waals surface area (Å²) in [6, 6.07) is 12.6. The molecule has 0 atom stereocenters. The molecule has 0 aliphatic rings. The van der Waals surface area contributed by atoms with Crippen molar-refractivity contribution in [2.75, 3.05) is 11.5 Å². The van der Waals surface area contributed by atoms with Crippen LogP contribution in [-0.2, 0) is 10.8 Å². The van der Waals surface area contributed by atoms with Gasteiger partial charge >= 0.3 is 0 Å². The first-order valence-corrected chi connectivity index (χ1v) is 8.23. The quantitative estimate of drug-likeness (QED) is 0.431. The molecule has 2 rings (SSSR count). The van der Waals surface area contributed by atoms with Gasteiger partial charge in [0.25, 0.3) is 5.69 Å². The fraction of sp³-hybridized carbons (Fsp3) is 0.400. The highest BCUT2D eigenvalue weighted by molar-refractivity contribution is 5.56. The fourth-order valence-electron chi connectivity index (χ4n) is 2.53. The molecule has 136 valence electrons. The SMILES string of the molecule is CC(C)(C)c1ccc([N+](=O)[O-])cc1N.CC(C)(C)c1ccccc1N. The van der Waals surface area contributed by atoms with Gasteiger partial charge in [0.15, 0.2) is 0 Å². The van der Waals surface area contributed by atoms with E-state index in [-0.39, 0.29) is 16.5 Å². The number of hydrogen-bond donors (Lipinski definition) is 2. The maximum atomic E-state index is 10.5. The van der Waals surface area contributed by atoms with Crippen molar-refractivity contribution < 1.29 is 4.92 Å². The molecule has 0 aliphatic carbocycles. The van der Waals surface area contributed by atoms with Crippen molar-refractivity contribution in [3.63, 3.8) is 0 Å². The van der Waals surface area contributed by atoms with Crippen LogP contribution in [0.25, 0.3) is 0 Å². The van der Waals surface area contributed by atoms with Gasteiger partial charge in [0.1, 0.15) is 0 Å². The largest absolute Gasteiger partial charge is 0.398 e. The van der Waals surface area contributed by atoms with Gasteiger partial charge in [-0.3, -0.25) is 10.1 Å². The lowest BCUT2D eigenvalue weighted by Gasteiger charge is -2.20. The molecule has 0 aromatic heterocycles. The Hall–Kier alpha value is -2.56. The minimum atomic E-state index is -0.442. The van der Waals surface area contributed by atoms with E-state index in [1.54, 1.807) is 6.07 Å². The lowest BCUT2D eigenvalue weighted by atomic mass is 9.86. The number of nitrogen functional groups attached to an aromatic ring is 2. The first-order valence-electron chi connectivity index (χ1n) is 8.23. The topological polar surface area (TPSA) is 95.2 Å². The van der Waals surface area contributed by atoms with Crippen LogP contribution >= 0.6 is 0 Å². The molecule has 0 amide bonds. The predicted octanol–water partition coefficient (Wildman–Crippen LogP) is 5.04. The predicted molar refractivity (Wildman–Crippen MR) is 106 cm³/mol. The van der Waals surface area contributed by atoms with E-state index in [1.165, 1.54) is 17.7 Å². The molecule has 0 aliphatic heterocycles. The van der Waals surface area contributed by atoms with Gasteiger partial charge in [-0.1, -0.05) is 59.7 Å². The van der Waals surface area contributed by atoms with Crippen LogP contribution in [0.2, 0.25) is 0 Å². The Balaban J connectivity index is 0.000000257. The molecule has 0 heterocycles. The summed E-state index contributed by atoms with van der Waals surface area (Å²) in [5.74, 6) is 0. The zero-order valence-corrected chi connectivity index (χ0v) is 16.0. The third-order valence-corrected chi connectivity index (χ3v) is 3.82. The number of nitrogens with two attached hydrogens (primary N) is 2. The van der Waals surface area contributed by atoms with Crippen molar-refractivity contribution in [2.45, 2.75) is 52.4 Å². The van der Waals surface area contributed by atoms with Crippen molar-refractivity contribution in [3.8, 4) is 0 Å². The highest BCUT2D eigenvalue weighted by Gasteiger charge is 2.19. The third kappa shape index (κ3) is 5.78. The van der Waals surface area contributed by atoms with Gasteiger partial charge in [-0.2, -0.15) is 0 Å². The van der Waals surface area contributed by atoms with Gasteiger partial charge in [0.05, 0.1) is 4.92 Å². The van der Waals surface area contributed by atoms with E-state index < -0.39 is 4.92 Å². The summed E-state index contributed by atoms with van der Waals surface area (Å²) in [5.41, 5.74) is 15.2. The van der Waals surface area contributed by atoms with Crippen LogP contribution < -0.4 is 11.5 Å². The van der Waals surface area contributed by atoms with Crippen LogP contribution in [0.5, 0.6) is 0 Å². The highest BCUT2D eigenvalue weighted by atomic mass is 16.6. The summed E-state index contributed by atoms with van der Waals surface area (Å²) in [4.78, 5) is 10.0. The average molecular weight is 343 g/mol. The molecule has 5 nitrogen and oxygen atoms in total. The summed E-state index contributed by atoms with van der Waals surface area (Å²) in [7, 11) is 0. The number of benzene rings is 2. The number of nitro groups is 1. The summed E-state index contributed by atoms with van der Waals surface area (Å²) in [6.07, 6.45) is 0. The Kier molecular flexibility index (Phi) is 6.19. The standard InChI is InChI=1S/C10H14N2O2.C10H15N/c1-10(2,3)8-5-4-7(12(13)14)6-9(8)11;1-10(2,3)8-6-4-5-7-9(8)11/h4-6H,11H2,1-3H3;4-7H,11H2,1-3H3.